The van der Waals surface area contributed by atoms with Crippen molar-refractivity contribution in [2.45, 2.75) is 46.1 Å². The van der Waals surface area contributed by atoms with E-state index in [1.165, 1.54) is 6.42 Å². The van der Waals surface area contributed by atoms with Crippen LogP contribution in [0.4, 0.5) is 11.9 Å². The lowest BCUT2D eigenvalue weighted by Gasteiger charge is -2.38. The summed E-state index contributed by atoms with van der Waals surface area (Å²) in [6.45, 7) is 6.89. The number of nitrogens with zero attached hydrogens (tertiary/aromatic N) is 4. The maximum Gasteiger partial charge on any atom is 0.323 e. The van der Waals surface area contributed by atoms with Gasteiger partial charge in [0, 0.05) is 21.1 Å². The van der Waals surface area contributed by atoms with Crippen molar-refractivity contribution in [3.63, 3.8) is 0 Å². The largest absolute Gasteiger partial charge is 0.460 e. The maximum atomic E-state index is 6.07. The van der Waals surface area contributed by atoms with Crippen LogP contribution in [-0.2, 0) is 0 Å². The molecule has 0 bridgehead atoms. The predicted octanol–water partition coefficient (Wildman–Crippen LogP) is 2.57. The molecule has 1 fully saturated rings. The molecule has 6 heteroatoms. The fourth-order valence-electron chi connectivity index (χ4n) is 3.21. The molecule has 21 heavy (non-hydrogen) atoms. The summed E-state index contributed by atoms with van der Waals surface area (Å²) in [5.74, 6) is 1.80. The summed E-state index contributed by atoms with van der Waals surface area (Å²) in [5.41, 5.74) is 0.311. The summed E-state index contributed by atoms with van der Waals surface area (Å²) in [4.78, 5) is 14.9. The van der Waals surface area contributed by atoms with Gasteiger partial charge >= 0.3 is 6.01 Å². The van der Waals surface area contributed by atoms with Gasteiger partial charge in [-0.1, -0.05) is 20.8 Å². The molecule has 1 aromatic rings. The number of hydrogen-bond donors (Lipinski definition) is 1. The maximum absolute atomic E-state index is 6.07. The molecule has 1 aromatic heterocycles. The molecule has 6 nitrogen and oxygen atoms in total. The normalized spacial score (nSPS) is 24.5. The number of rotatable bonds is 4. The Bertz CT molecular complexity index is 489. The van der Waals surface area contributed by atoms with Crippen molar-refractivity contribution in [3.05, 3.63) is 0 Å². The topological polar surface area (TPSA) is 63.2 Å². The number of nitrogens with one attached hydrogen (secondary N) is 1. The van der Waals surface area contributed by atoms with E-state index in [1.54, 1.807) is 7.05 Å². The van der Waals surface area contributed by atoms with E-state index in [0.29, 0.717) is 29.2 Å². The zero-order valence-corrected chi connectivity index (χ0v) is 14.0. The minimum atomic E-state index is 0.172. The SMILES string of the molecule is CNc1nc(OC2CC(C)CC(C)(C)C2)nc(N(C)C)n1. The van der Waals surface area contributed by atoms with Gasteiger partial charge in [0.1, 0.15) is 6.10 Å². The molecule has 1 aliphatic carbocycles. The van der Waals surface area contributed by atoms with Gasteiger partial charge in [-0.15, -0.1) is 0 Å². The van der Waals surface area contributed by atoms with Gasteiger partial charge in [-0.25, -0.2) is 0 Å². The Morgan fingerprint density at radius 1 is 1.19 bits per heavy atom. The first kappa shape index (κ1) is 15.8. The van der Waals surface area contributed by atoms with Crippen LogP contribution in [0.15, 0.2) is 0 Å². The van der Waals surface area contributed by atoms with E-state index >= 15 is 0 Å². The van der Waals surface area contributed by atoms with Gasteiger partial charge in [0.25, 0.3) is 0 Å². The van der Waals surface area contributed by atoms with Gasteiger partial charge in [-0.3, -0.25) is 0 Å². The molecule has 1 N–H and O–H groups in total. The molecular formula is C15H27N5O. The van der Waals surface area contributed by atoms with Crippen LogP contribution in [0.3, 0.4) is 0 Å². The highest BCUT2D eigenvalue weighted by Crippen LogP contribution is 2.39. The third kappa shape index (κ3) is 4.19. The smallest absolute Gasteiger partial charge is 0.323 e. The third-order valence-electron chi connectivity index (χ3n) is 3.85. The van der Waals surface area contributed by atoms with E-state index in [9.17, 15) is 0 Å². The Kier molecular flexibility index (Phi) is 4.54. The van der Waals surface area contributed by atoms with Crippen molar-refractivity contribution in [2.75, 3.05) is 31.4 Å². The molecule has 0 amide bonds. The monoisotopic (exact) mass is 293 g/mol. The molecule has 1 aliphatic rings. The Balaban J connectivity index is 2.16. The first-order valence-electron chi connectivity index (χ1n) is 7.57. The van der Waals surface area contributed by atoms with Crippen LogP contribution in [-0.4, -0.2) is 42.2 Å². The van der Waals surface area contributed by atoms with Gasteiger partial charge in [0.05, 0.1) is 0 Å². The number of hydrogen-bond acceptors (Lipinski definition) is 6. The first-order chi connectivity index (χ1) is 9.79. The fraction of sp³-hybridized carbons (Fsp3) is 0.800. The second-order valence-electron chi connectivity index (χ2n) is 7.04. The van der Waals surface area contributed by atoms with Crippen molar-refractivity contribution in [2.24, 2.45) is 11.3 Å². The molecule has 0 saturated heterocycles. The average molecular weight is 293 g/mol. The average Bonchev–Trinajstić information content (AvgIpc) is 2.35. The lowest BCUT2D eigenvalue weighted by molar-refractivity contribution is 0.0500. The molecule has 0 spiro atoms. The lowest BCUT2D eigenvalue weighted by atomic mass is 9.71. The second kappa shape index (κ2) is 6.03. The Morgan fingerprint density at radius 3 is 2.48 bits per heavy atom. The van der Waals surface area contributed by atoms with E-state index in [-0.39, 0.29) is 6.10 Å². The Hall–Kier alpha value is -1.59. The molecule has 2 rings (SSSR count). The Labute approximate surface area is 127 Å². The van der Waals surface area contributed by atoms with Gasteiger partial charge in [-0.05, 0) is 30.6 Å². The minimum Gasteiger partial charge on any atom is -0.460 e. The van der Waals surface area contributed by atoms with Gasteiger partial charge in [-0.2, -0.15) is 15.0 Å². The van der Waals surface area contributed by atoms with Crippen molar-refractivity contribution in [1.82, 2.24) is 15.0 Å². The van der Waals surface area contributed by atoms with Crippen LogP contribution < -0.4 is 15.0 Å². The highest BCUT2D eigenvalue weighted by molar-refractivity contribution is 5.36. The number of aromatic nitrogens is 3. The summed E-state index contributed by atoms with van der Waals surface area (Å²) in [5, 5.41) is 2.96. The highest BCUT2D eigenvalue weighted by Gasteiger charge is 2.33. The molecule has 2 unspecified atom stereocenters. The van der Waals surface area contributed by atoms with E-state index in [1.807, 2.05) is 19.0 Å². The third-order valence-corrected chi connectivity index (χ3v) is 3.85. The van der Waals surface area contributed by atoms with Gasteiger partial charge < -0.3 is 15.0 Å². The van der Waals surface area contributed by atoms with Crippen molar-refractivity contribution in [1.29, 1.82) is 0 Å². The van der Waals surface area contributed by atoms with Crippen LogP contribution in [0.25, 0.3) is 0 Å². The molecule has 0 aromatic carbocycles. The zero-order chi connectivity index (χ0) is 15.6. The van der Waals surface area contributed by atoms with E-state index in [2.05, 4.69) is 41.0 Å². The molecule has 2 atom stereocenters. The first-order valence-corrected chi connectivity index (χ1v) is 7.57. The highest BCUT2D eigenvalue weighted by atomic mass is 16.5. The van der Waals surface area contributed by atoms with Crippen molar-refractivity contribution in [3.8, 4) is 6.01 Å². The number of ether oxygens (including phenoxy) is 1. The number of anilines is 2. The summed E-state index contributed by atoms with van der Waals surface area (Å²) in [6, 6.07) is 0.410. The van der Waals surface area contributed by atoms with Crippen LogP contribution >= 0.6 is 0 Å². The molecular weight excluding hydrogens is 266 g/mol. The molecule has 0 aliphatic heterocycles. The predicted molar refractivity (Wildman–Crippen MR) is 84.9 cm³/mol. The van der Waals surface area contributed by atoms with Crippen LogP contribution in [0.2, 0.25) is 0 Å². The van der Waals surface area contributed by atoms with Crippen LogP contribution in [0, 0.1) is 11.3 Å². The second-order valence-corrected chi connectivity index (χ2v) is 7.04. The lowest BCUT2D eigenvalue weighted by Crippen LogP contribution is -2.34. The minimum absolute atomic E-state index is 0.172. The zero-order valence-electron chi connectivity index (χ0n) is 14.0. The molecule has 1 saturated carbocycles. The Morgan fingerprint density at radius 2 is 1.90 bits per heavy atom. The van der Waals surface area contributed by atoms with Crippen LogP contribution in [0.1, 0.15) is 40.0 Å². The van der Waals surface area contributed by atoms with E-state index in [0.717, 1.165) is 12.8 Å². The summed E-state index contributed by atoms with van der Waals surface area (Å²) in [7, 11) is 5.61. The summed E-state index contributed by atoms with van der Waals surface area (Å²) in [6.07, 6.45) is 3.51. The van der Waals surface area contributed by atoms with E-state index in [4.69, 9.17) is 4.74 Å². The fourth-order valence-corrected chi connectivity index (χ4v) is 3.21. The van der Waals surface area contributed by atoms with Crippen molar-refractivity contribution < 1.29 is 4.74 Å². The summed E-state index contributed by atoms with van der Waals surface area (Å²) < 4.78 is 6.07. The standard InChI is InChI=1S/C15H27N5O/c1-10-7-11(9-15(2,3)8-10)21-14-18-12(16-4)17-13(19-14)20(5)6/h10-11H,7-9H2,1-6H3,(H,16,17,18,19). The van der Waals surface area contributed by atoms with E-state index < -0.39 is 0 Å². The quantitative estimate of drug-likeness (QED) is 0.920. The van der Waals surface area contributed by atoms with Crippen molar-refractivity contribution >= 4 is 11.9 Å². The molecule has 0 radical (unpaired) electrons. The molecule has 1 heterocycles. The summed E-state index contributed by atoms with van der Waals surface area (Å²) >= 11 is 0. The van der Waals surface area contributed by atoms with Gasteiger partial charge in [0.15, 0.2) is 0 Å². The molecule has 118 valence electrons. The van der Waals surface area contributed by atoms with Crippen LogP contribution in [0.5, 0.6) is 6.01 Å². The van der Waals surface area contributed by atoms with Gasteiger partial charge in [0.2, 0.25) is 11.9 Å².